The van der Waals surface area contributed by atoms with Crippen molar-refractivity contribution in [3.05, 3.63) is 81.3 Å². The summed E-state index contributed by atoms with van der Waals surface area (Å²) in [5, 5.41) is 5.62. The smallest absolute Gasteiger partial charge is 0.0464 e. The van der Waals surface area contributed by atoms with Crippen molar-refractivity contribution >= 4 is 23.8 Å². The van der Waals surface area contributed by atoms with Gasteiger partial charge in [-0.15, -0.1) is 0 Å². The highest BCUT2D eigenvalue weighted by Gasteiger charge is 2.18. The highest BCUT2D eigenvalue weighted by molar-refractivity contribution is 5.72. The summed E-state index contributed by atoms with van der Waals surface area (Å²) >= 11 is 0. The van der Waals surface area contributed by atoms with Gasteiger partial charge in [0.05, 0.1) is 0 Å². The fourth-order valence-corrected chi connectivity index (χ4v) is 3.63. The zero-order valence-corrected chi connectivity index (χ0v) is 14.1. The second-order valence-corrected chi connectivity index (χ2v) is 6.79. The quantitative estimate of drug-likeness (QED) is 0.504. The number of hydrogen-bond donors (Lipinski definition) is 4. The zero-order valence-electron chi connectivity index (χ0n) is 14.1. The van der Waals surface area contributed by atoms with E-state index >= 15 is 0 Å². The summed E-state index contributed by atoms with van der Waals surface area (Å²) in [6, 6.07) is 10.7. The van der Waals surface area contributed by atoms with Gasteiger partial charge in [0, 0.05) is 45.4 Å². The highest BCUT2D eigenvalue weighted by Crippen LogP contribution is 2.32. The normalized spacial score (nSPS) is 22.6. The van der Waals surface area contributed by atoms with E-state index in [1.165, 1.54) is 16.8 Å². The van der Waals surface area contributed by atoms with Crippen molar-refractivity contribution in [2.45, 2.75) is 19.8 Å². The molecule has 2 aliphatic rings. The molecule has 1 aliphatic carbocycles. The average molecular weight is 328 g/mol. The van der Waals surface area contributed by atoms with Crippen LogP contribution in [0.15, 0.2) is 42.2 Å². The third-order valence-corrected chi connectivity index (χ3v) is 4.84. The first-order chi connectivity index (χ1) is 12.2. The SMILES string of the molecule is C/C1=C/c2ccc([nH]2)/C=c2/cc/c([nH]2)=C/c2cc3c([nH]2)/C(=C\N1)CC3. The molecule has 4 heteroatoms. The lowest BCUT2D eigenvalue weighted by atomic mass is 10.2. The van der Waals surface area contributed by atoms with Crippen LogP contribution in [-0.4, -0.2) is 15.0 Å². The minimum absolute atomic E-state index is 1.08. The first-order valence-corrected chi connectivity index (χ1v) is 8.67. The van der Waals surface area contributed by atoms with E-state index in [1.807, 2.05) is 0 Å². The van der Waals surface area contributed by atoms with E-state index in [4.69, 9.17) is 0 Å². The maximum Gasteiger partial charge on any atom is 0.0464 e. The zero-order chi connectivity index (χ0) is 16.8. The standard InChI is InChI=1S/C21H20N4/c1-13-8-16-4-5-17(23-16)10-18-6-7-19(24-18)11-20-9-14-2-3-15(12-22-13)21(14)25-20/h4-12,22-25H,2-3H2,1H3/b13-8-,15-12-,18-10-,19-11-. The van der Waals surface area contributed by atoms with E-state index in [-0.39, 0.29) is 0 Å². The van der Waals surface area contributed by atoms with Crippen LogP contribution in [0.5, 0.6) is 0 Å². The summed E-state index contributed by atoms with van der Waals surface area (Å²) in [4.78, 5) is 10.5. The van der Waals surface area contributed by atoms with Crippen LogP contribution < -0.4 is 16.0 Å². The molecule has 0 unspecified atom stereocenters. The molecule has 4 heterocycles. The molecule has 0 atom stereocenters. The molecule has 3 aromatic heterocycles. The number of nitrogens with one attached hydrogen (secondary N) is 4. The monoisotopic (exact) mass is 328 g/mol. The van der Waals surface area contributed by atoms with Gasteiger partial charge in [0.2, 0.25) is 0 Å². The molecule has 5 rings (SSSR count). The molecule has 124 valence electrons. The Morgan fingerprint density at radius 2 is 1.52 bits per heavy atom. The number of aromatic amines is 3. The lowest BCUT2D eigenvalue weighted by Gasteiger charge is -2.03. The minimum atomic E-state index is 1.08. The Morgan fingerprint density at radius 3 is 2.36 bits per heavy atom. The van der Waals surface area contributed by atoms with Gasteiger partial charge in [-0.2, -0.15) is 0 Å². The number of aryl methyl sites for hydroxylation is 1. The van der Waals surface area contributed by atoms with Gasteiger partial charge in [0.15, 0.2) is 0 Å². The maximum absolute atomic E-state index is 3.57. The van der Waals surface area contributed by atoms with Crippen LogP contribution in [0.1, 0.15) is 41.7 Å². The number of fused-ring (bicyclic) bond motifs is 5. The molecule has 0 aromatic carbocycles. The molecule has 4 nitrogen and oxygen atoms in total. The molecule has 4 N–H and O–H groups in total. The van der Waals surface area contributed by atoms with E-state index in [2.05, 4.69) is 82.0 Å². The number of rotatable bonds is 0. The second-order valence-electron chi connectivity index (χ2n) is 6.79. The summed E-state index contributed by atoms with van der Waals surface area (Å²) in [6.07, 6.45) is 10.7. The molecule has 0 saturated carbocycles. The average Bonchev–Trinajstić information content (AvgIpc) is 3.32. The molecular weight excluding hydrogens is 308 g/mol. The number of H-pyrrole nitrogens is 3. The van der Waals surface area contributed by atoms with Crippen LogP contribution in [0.25, 0.3) is 23.8 Å². The Bertz CT molecular complexity index is 1130. The molecule has 0 radical (unpaired) electrons. The third-order valence-electron chi connectivity index (χ3n) is 4.84. The van der Waals surface area contributed by atoms with Crippen molar-refractivity contribution in [3.8, 4) is 0 Å². The molecule has 25 heavy (non-hydrogen) atoms. The van der Waals surface area contributed by atoms with Crippen LogP contribution in [0, 0.1) is 0 Å². The molecular formula is C21H20N4. The van der Waals surface area contributed by atoms with Crippen LogP contribution in [0.2, 0.25) is 0 Å². The minimum Gasteiger partial charge on any atom is -0.365 e. The Balaban J connectivity index is 1.70. The van der Waals surface area contributed by atoms with Crippen LogP contribution in [-0.2, 0) is 6.42 Å². The van der Waals surface area contributed by atoms with Gasteiger partial charge in [0.1, 0.15) is 0 Å². The predicted octanol–water partition coefficient (Wildman–Crippen LogP) is 2.58. The van der Waals surface area contributed by atoms with Crippen molar-refractivity contribution in [3.63, 3.8) is 0 Å². The molecule has 6 bridgehead atoms. The number of aromatic nitrogens is 3. The van der Waals surface area contributed by atoms with Crippen LogP contribution in [0.4, 0.5) is 0 Å². The van der Waals surface area contributed by atoms with Crippen LogP contribution in [0.3, 0.4) is 0 Å². The van der Waals surface area contributed by atoms with Gasteiger partial charge >= 0.3 is 0 Å². The summed E-state index contributed by atoms with van der Waals surface area (Å²) in [5.74, 6) is 0. The molecule has 0 saturated heterocycles. The van der Waals surface area contributed by atoms with E-state index in [1.54, 1.807) is 0 Å². The van der Waals surface area contributed by atoms with Gasteiger partial charge in [0.25, 0.3) is 0 Å². The first-order valence-electron chi connectivity index (χ1n) is 8.67. The van der Waals surface area contributed by atoms with E-state index in [0.717, 1.165) is 46.3 Å². The van der Waals surface area contributed by atoms with Crippen molar-refractivity contribution in [2.24, 2.45) is 0 Å². The van der Waals surface area contributed by atoms with Crippen molar-refractivity contribution < 1.29 is 0 Å². The summed E-state index contributed by atoms with van der Waals surface area (Å²) < 4.78 is 0. The summed E-state index contributed by atoms with van der Waals surface area (Å²) in [6.45, 7) is 2.09. The van der Waals surface area contributed by atoms with Crippen molar-refractivity contribution in [1.82, 2.24) is 20.3 Å². The predicted molar refractivity (Wildman–Crippen MR) is 102 cm³/mol. The molecule has 0 amide bonds. The van der Waals surface area contributed by atoms with E-state index < -0.39 is 0 Å². The van der Waals surface area contributed by atoms with E-state index in [9.17, 15) is 0 Å². The van der Waals surface area contributed by atoms with Gasteiger partial charge in [-0.1, -0.05) is 0 Å². The second kappa shape index (κ2) is 5.45. The first kappa shape index (κ1) is 14.2. The Hall–Kier alpha value is -3.14. The van der Waals surface area contributed by atoms with Crippen molar-refractivity contribution in [1.29, 1.82) is 0 Å². The Morgan fingerprint density at radius 1 is 0.760 bits per heavy atom. The van der Waals surface area contributed by atoms with Crippen molar-refractivity contribution in [2.75, 3.05) is 0 Å². The topological polar surface area (TPSA) is 59.4 Å². The molecule has 0 fully saturated rings. The lowest BCUT2D eigenvalue weighted by molar-refractivity contribution is 1.04. The molecule has 0 spiro atoms. The third kappa shape index (κ3) is 2.66. The maximum atomic E-state index is 3.57. The lowest BCUT2D eigenvalue weighted by Crippen LogP contribution is -2.09. The van der Waals surface area contributed by atoms with Gasteiger partial charge < -0.3 is 20.3 Å². The Kier molecular flexibility index (Phi) is 3.10. The van der Waals surface area contributed by atoms with Gasteiger partial charge in [-0.25, -0.2) is 0 Å². The summed E-state index contributed by atoms with van der Waals surface area (Å²) in [7, 11) is 0. The largest absolute Gasteiger partial charge is 0.365 e. The molecule has 1 aliphatic heterocycles. The van der Waals surface area contributed by atoms with Gasteiger partial charge in [-0.3, -0.25) is 0 Å². The van der Waals surface area contributed by atoms with Gasteiger partial charge in [-0.05, 0) is 79.5 Å². The fourth-order valence-electron chi connectivity index (χ4n) is 3.63. The van der Waals surface area contributed by atoms with Crippen LogP contribution >= 0.6 is 0 Å². The summed E-state index contributed by atoms with van der Waals surface area (Å²) in [5.41, 5.74) is 8.43. The number of allylic oxidation sites excluding steroid dienone is 2. The highest BCUT2D eigenvalue weighted by atomic mass is 14.9. The molecule has 3 aromatic rings. The number of hydrogen-bond acceptors (Lipinski definition) is 1. The fraction of sp³-hybridized carbons (Fsp3) is 0.143. The van der Waals surface area contributed by atoms with E-state index in [0.29, 0.717) is 0 Å². The Labute approximate surface area is 145 Å².